The monoisotopic (exact) mass is 542 g/mol. The highest BCUT2D eigenvalue weighted by molar-refractivity contribution is 7.92. The second-order valence-electron chi connectivity index (χ2n) is 9.84. The Balaban J connectivity index is 1.77. The lowest BCUT2D eigenvalue weighted by atomic mass is 9.98. The number of carbonyl (C=O) groups excluding carboxylic acids is 1. The fraction of sp³-hybridized carbons (Fsp3) is 0.500. The van der Waals surface area contributed by atoms with Crippen molar-refractivity contribution in [3.63, 3.8) is 0 Å². The van der Waals surface area contributed by atoms with Crippen LogP contribution in [-0.4, -0.2) is 51.6 Å². The first-order chi connectivity index (χ1) is 18.3. The highest BCUT2D eigenvalue weighted by atomic mass is 32.2. The van der Waals surface area contributed by atoms with E-state index in [0.29, 0.717) is 46.6 Å². The van der Waals surface area contributed by atoms with Crippen LogP contribution in [0.3, 0.4) is 0 Å². The van der Waals surface area contributed by atoms with Gasteiger partial charge >= 0.3 is 0 Å². The molecule has 3 aromatic rings. The summed E-state index contributed by atoms with van der Waals surface area (Å²) >= 11 is 0. The van der Waals surface area contributed by atoms with Crippen LogP contribution in [0.2, 0.25) is 0 Å². The van der Waals surface area contributed by atoms with Crippen LogP contribution in [0.15, 0.2) is 46.9 Å². The van der Waals surface area contributed by atoms with Gasteiger partial charge in [0.1, 0.15) is 23.7 Å². The van der Waals surface area contributed by atoms with Gasteiger partial charge in [0.15, 0.2) is 5.78 Å². The van der Waals surface area contributed by atoms with Gasteiger partial charge in [0.25, 0.3) is 0 Å². The predicted molar refractivity (Wildman–Crippen MR) is 155 cm³/mol. The third kappa shape index (κ3) is 8.60. The molecule has 0 amide bonds. The van der Waals surface area contributed by atoms with Crippen LogP contribution < -0.4 is 9.46 Å². The number of aryl methyl sites for hydroxylation is 1. The van der Waals surface area contributed by atoms with Crippen LogP contribution in [-0.2, 0) is 16.4 Å². The van der Waals surface area contributed by atoms with E-state index in [4.69, 9.17) is 9.15 Å². The van der Waals surface area contributed by atoms with Crippen molar-refractivity contribution < 1.29 is 22.4 Å². The Morgan fingerprint density at radius 3 is 2.18 bits per heavy atom. The number of nitrogens with one attached hydrogen (secondary N) is 1. The van der Waals surface area contributed by atoms with Gasteiger partial charge in [0.2, 0.25) is 10.0 Å². The minimum atomic E-state index is -3.45. The van der Waals surface area contributed by atoms with Crippen LogP contribution in [0.4, 0.5) is 5.69 Å². The van der Waals surface area contributed by atoms with E-state index >= 15 is 0 Å². The first kappa shape index (κ1) is 29.7. The summed E-state index contributed by atoms with van der Waals surface area (Å²) in [5.41, 5.74) is 1.98. The Hall–Kier alpha value is -2.84. The summed E-state index contributed by atoms with van der Waals surface area (Å²) < 4.78 is 38.0. The minimum Gasteiger partial charge on any atom is -0.492 e. The summed E-state index contributed by atoms with van der Waals surface area (Å²) in [4.78, 5) is 16.1. The van der Waals surface area contributed by atoms with E-state index in [2.05, 4.69) is 30.4 Å². The summed E-state index contributed by atoms with van der Waals surface area (Å²) in [6.45, 7) is 10.2. The molecule has 0 saturated heterocycles. The Morgan fingerprint density at radius 1 is 0.921 bits per heavy atom. The number of fused-ring (bicyclic) bond motifs is 1. The molecule has 0 spiro atoms. The van der Waals surface area contributed by atoms with E-state index in [1.807, 2.05) is 12.1 Å². The fourth-order valence-corrected chi connectivity index (χ4v) is 4.98. The van der Waals surface area contributed by atoms with Crippen molar-refractivity contribution in [3.8, 4) is 5.75 Å². The van der Waals surface area contributed by atoms with Gasteiger partial charge in [0, 0.05) is 29.6 Å². The number of ketones is 1. The molecule has 0 aliphatic rings. The molecule has 1 heterocycles. The SMILES string of the molecule is CCCCc1oc2ccc(NS(C)(=O)=O)cc2c1C(=O)c1ccc(OCCN(CCCC)CCCC)cc1. The molecule has 0 unspecified atom stereocenters. The number of anilines is 1. The van der Waals surface area contributed by atoms with Gasteiger partial charge in [0.05, 0.1) is 11.8 Å². The normalized spacial score (nSPS) is 11.8. The molecule has 0 saturated carbocycles. The van der Waals surface area contributed by atoms with E-state index in [9.17, 15) is 13.2 Å². The summed E-state index contributed by atoms with van der Waals surface area (Å²) in [6.07, 6.45) is 8.32. The van der Waals surface area contributed by atoms with Crippen molar-refractivity contribution in [3.05, 3.63) is 59.4 Å². The molecule has 3 rings (SSSR count). The zero-order valence-corrected chi connectivity index (χ0v) is 24.0. The Kier molecular flexibility index (Phi) is 11.2. The zero-order chi connectivity index (χ0) is 27.5. The number of unbranched alkanes of at least 4 members (excludes halogenated alkanes) is 3. The first-order valence-electron chi connectivity index (χ1n) is 13.8. The molecular weight excluding hydrogens is 500 g/mol. The van der Waals surface area contributed by atoms with Crippen LogP contribution >= 0.6 is 0 Å². The molecule has 7 nitrogen and oxygen atoms in total. The summed E-state index contributed by atoms with van der Waals surface area (Å²) in [5.74, 6) is 1.21. The smallest absolute Gasteiger partial charge is 0.229 e. The van der Waals surface area contributed by atoms with Gasteiger partial charge in [-0.1, -0.05) is 40.0 Å². The highest BCUT2D eigenvalue weighted by Gasteiger charge is 2.22. The van der Waals surface area contributed by atoms with Gasteiger partial charge < -0.3 is 9.15 Å². The van der Waals surface area contributed by atoms with Gasteiger partial charge in [-0.2, -0.15) is 0 Å². The molecule has 0 fully saturated rings. The maximum Gasteiger partial charge on any atom is 0.229 e. The highest BCUT2D eigenvalue weighted by Crippen LogP contribution is 2.32. The average molecular weight is 543 g/mol. The largest absolute Gasteiger partial charge is 0.492 e. The van der Waals surface area contributed by atoms with E-state index in [-0.39, 0.29) is 5.78 Å². The molecule has 38 heavy (non-hydrogen) atoms. The van der Waals surface area contributed by atoms with Crippen molar-refractivity contribution in [2.45, 2.75) is 65.7 Å². The van der Waals surface area contributed by atoms with Crippen molar-refractivity contribution in [1.82, 2.24) is 4.90 Å². The number of nitrogens with zero attached hydrogens (tertiary/aromatic N) is 1. The number of ether oxygens (including phenoxy) is 1. The topological polar surface area (TPSA) is 88.8 Å². The second-order valence-corrected chi connectivity index (χ2v) is 11.6. The van der Waals surface area contributed by atoms with Crippen LogP contribution in [0.5, 0.6) is 5.75 Å². The van der Waals surface area contributed by atoms with Gasteiger partial charge in [-0.15, -0.1) is 0 Å². The van der Waals surface area contributed by atoms with Crippen molar-refractivity contribution >= 4 is 32.5 Å². The lowest BCUT2D eigenvalue weighted by Crippen LogP contribution is -2.30. The Labute approximate surface area is 227 Å². The average Bonchev–Trinajstić information content (AvgIpc) is 3.25. The van der Waals surface area contributed by atoms with E-state index < -0.39 is 10.0 Å². The zero-order valence-electron chi connectivity index (χ0n) is 23.2. The van der Waals surface area contributed by atoms with Crippen molar-refractivity contribution in [1.29, 1.82) is 0 Å². The Bertz CT molecular complexity index is 1270. The number of sulfonamides is 1. The number of hydrogen-bond donors (Lipinski definition) is 1. The standard InChI is InChI=1S/C30H42N2O5S/c1-5-8-11-28-29(26-22-24(31-38(4,34)35)14-17-27(26)37-28)30(33)23-12-15-25(16-13-23)36-21-20-32(18-9-6-2)19-10-7-3/h12-17,22,31H,5-11,18-21H2,1-4H3. The summed E-state index contributed by atoms with van der Waals surface area (Å²) in [7, 11) is -3.45. The first-order valence-corrected chi connectivity index (χ1v) is 15.7. The van der Waals surface area contributed by atoms with Crippen molar-refractivity contribution in [2.24, 2.45) is 0 Å². The molecule has 0 radical (unpaired) electrons. The predicted octanol–water partition coefficient (Wildman–Crippen LogP) is 6.66. The van der Waals surface area contributed by atoms with E-state index in [0.717, 1.165) is 44.5 Å². The molecule has 1 N–H and O–H groups in total. The maximum atomic E-state index is 13.7. The molecule has 1 aromatic heterocycles. The maximum absolute atomic E-state index is 13.7. The van der Waals surface area contributed by atoms with E-state index in [1.165, 1.54) is 25.7 Å². The van der Waals surface area contributed by atoms with Crippen molar-refractivity contribution in [2.75, 3.05) is 37.2 Å². The quantitative estimate of drug-likeness (QED) is 0.192. The van der Waals surface area contributed by atoms with Crippen LogP contribution in [0.1, 0.15) is 81.0 Å². The number of furan rings is 1. The Morgan fingerprint density at radius 2 is 1.58 bits per heavy atom. The lowest BCUT2D eigenvalue weighted by molar-refractivity contribution is 0.103. The molecule has 208 valence electrons. The number of hydrogen-bond acceptors (Lipinski definition) is 6. The second kappa shape index (κ2) is 14.4. The third-order valence-electron chi connectivity index (χ3n) is 6.50. The molecule has 0 aliphatic heterocycles. The number of carbonyl (C=O) groups is 1. The lowest BCUT2D eigenvalue weighted by Gasteiger charge is -2.22. The molecule has 0 atom stereocenters. The minimum absolute atomic E-state index is 0.150. The summed E-state index contributed by atoms with van der Waals surface area (Å²) in [6, 6.07) is 12.2. The molecule has 2 aromatic carbocycles. The van der Waals surface area contributed by atoms with E-state index in [1.54, 1.807) is 30.3 Å². The van der Waals surface area contributed by atoms with Crippen LogP contribution in [0, 0.1) is 0 Å². The van der Waals surface area contributed by atoms with Gasteiger partial charge in [-0.05, 0) is 74.8 Å². The van der Waals surface area contributed by atoms with Gasteiger partial charge in [-0.25, -0.2) is 8.42 Å². The number of benzene rings is 2. The fourth-order valence-electron chi connectivity index (χ4n) is 4.43. The molecule has 0 bridgehead atoms. The molecular formula is C30H42N2O5S. The van der Waals surface area contributed by atoms with Crippen LogP contribution in [0.25, 0.3) is 11.0 Å². The molecule has 8 heteroatoms. The third-order valence-corrected chi connectivity index (χ3v) is 7.10. The molecule has 0 aliphatic carbocycles. The summed E-state index contributed by atoms with van der Waals surface area (Å²) in [5, 5.41) is 0.606. The van der Waals surface area contributed by atoms with Gasteiger partial charge in [-0.3, -0.25) is 14.4 Å². The number of rotatable bonds is 17.